The average molecular weight is 721 g/mol. The summed E-state index contributed by atoms with van der Waals surface area (Å²) in [4.78, 5) is 26.7. The molecule has 5 heteroatoms. The summed E-state index contributed by atoms with van der Waals surface area (Å²) < 4.78 is 18.5. The fraction of sp³-hybridized carbons (Fsp3) is 0.702. The summed E-state index contributed by atoms with van der Waals surface area (Å²) in [5, 5.41) is 0. The highest BCUT2D eigenvalue weighted by Crippen LogP contribution is 2.28. The summed E-state index contributed by atoms with van der Waals surface area (Å²) in [6.45, 7) is 11.5. The van der Waals surface area contributed by atoms with Crippen molar-refractivity contribution in [3.05, 3.63) is 53.6 Å². The topological polar surface area (TPSA) is 61.8 Å². The average Bonchev–Trinajstić information content (AvgIpc) is 3.13. The first-order chi connectivity index (χ1) is 25.4. The lowest BCUT2D eigenvalue weighted by Gasteiger charge is -2.19. The van der Waals surface area contributed by atoms with Crippen molar-refractivity contribution in [3.8, 4) is 17.2 Å². The van der Waals surface area contributed by atoms with Crippen LogP contribution in [0, 0.1) is 0 Å². The molecule has 0 aliphatic carbocycles. The van der Waals surface area contributed by atoms with Crippen LogP contribution in [0.4, 0.5) is 0 Å². The van der Waals surface area contributed by atoms with Crippen molar-refractivity contribution in [1.82, 2.24) is 0 Å². The van der Waals surface area contributed by atoms with Gasteiger partial charge in [-0.05, 0) is 82.3 Å². The molecular weight excluding hydrogens is 645 g/mol. The molecule has 0 saturated heterocycles. The van der Waals surface area contributed by atoms with Crippen LogP contribution in [0.1, 0.15) is 216 Å². The molecule has 0 saturated carbocycles. The van der Waals surface area contributed by atoms with Crippen molar-refractivity contribution in [2.24, 2.45) is 0 Å². The molecule has 0 N–H and O–H groups in total. The van der Waals surface area contributed by atoms with Crippen LogP contribution in [0.3, 0.4) is 0 Å². The highest BCUT2D eigenvalue weighted by Gasteiger charge is 2.18. The molecule has 0 spiro atoms. The molecule has 0 fully saturated rings. The van der Waals surface area contributed by atoms with E-state index < -0.39 is 0 Å². The van der Waals surface area contributed by atoms with Crippen molar-refractivity contribution in [2.45, 2.75) is 207 Å². The molecule has 0 aliphatic rings. The van der Waals surface area contributed by atoms with Gasteiger partial charge in [-0.2, -0.15) is 0 Å². The van der Waals surface area contributed by atoms with Crippen LogP contribution >= 0.6 is 0 Å². The molecular formula is C47H76O5. The molecule has 0 aromatic heterocycles. The fourth-order valence-corrected chi connectivity index (χ4v) is 6.74. The normalized spacial score (nSPS) is 12.4. The zero-order valence-electron chi connectivity index (χ0n) is 34.1. The van der Waals surface area contributed by atoms with Gasteiger partial charge < -0.3 is 14.2 Å². The number of carbonyl (C=O) groups excluding carboxylic acids is 2. The number of carbonyl (C=O) groups is 2. The second-order valence-electron chi connectivity index (χ2n) is 15.2. The third-order valence-corrected chi connectivity index (χ3v) is 10.1. The van der Waals surface area contributed by atoms with Crippen molar-refractivity contribution >= 4 is 11.6 Å². The second-order valence-corrected chi connectivity index (χ2v) is 15.2. The number of unbranched alkanes of at least 4 members (excludes halogenated alkanes) is 19. The molecule has 294 valence electrons. The second kappa shape index (κ2) is 29.6. The summed E-state index contributed by atoms with van der Waals surface area (Å²) in [6, 6.07) is 12.6. The number of ether oxygens (including phenoxy) is 3. The zero-order valence-corrected chi connectivity index (χ0v) is 34.1. The largest absolute Gasteiger partial charge is 0.494 e. The third kappa shape index (κ3) is 21.6. The van der Waals surface area contributed by atoms with Crippen LogP contribution in [0.2, 0.25) is 0 Å². The molecule has 2 aromatic carbocycles. The van der Waals surface area contributed by atoms with Gasteiger partial charge in [-0.3, -0.25) is 9.59 Å². The van der Waals surface area contributed by atoms with Gasteiger partial charge in [-0.1, -0.05) is 143 Å². The van der Waals surface area contributed by atoms with E-state index in [2.05, 4.69) is 34.6 Å². The SMILES string of the molecule is CCCCCCCCCCCCCCCCOc1ccc(C(=O)CC(=O)c2cc(OC(C)CCCCCC)cc(OC(C)CCCCCC)c2)cc1. The van der Waals surface area contributed by atoms with Crippen LogP contribution < -0.4 is 14.2 Å². The van der Waals surface area contributed by atoms with E-state index >= 15 is 0 Å². The molecule has 0 heterocycles. The Hall–Kier alpha value is -2.82. The number of rotatable bonds is 34. The molecule has 2 aromatic rings. The predicted molar refractivity (Wildman–Crippen MR) is 220 cm³/mol. The van der Waals surface area contributed by atoms with E-state index in [4.69, 9.17) is 14.2 Å². The van der Waals surface area contributed by atoms with E-state index in [1.807, 2.05) is 18.2 Å². The summed E-state index contributed by atoms with van der Waals surface area (Å²) in [5.41, 5.74) is 0.966. The molecule has 5 nitrogen and oxygen atoms in total. The first-order valence-corrected chi connectivity index (χ1v) is 21.6. The van der Waals surface area contributed by atoms with Crippen LogP contribution in [0.5, 0.6) is 17.2 Å². The van der Waals surface area contributed by atoms with Gasteiger partial charge >= 0.3 is 0 Å². The summed E-state index contributed by atoms with van der Waals surface area (Å²) in [7, 11) is 0. The number of hydrogen-bond donors (Lipinski definition) is 0. The first-order valence-electron chi connectivity index (χ1n) is 21.6. The molecule has 0 aliphatic heterocycles. The van der Waals surface area contributed by atoms with Crippen molar-refractivity contribution in [1.29, 1.82) is 0 Å². The number of ketones is 2. The summed E-state index contributed by atoms with van der Waals surface area (Å²) in [6.07, 6.45) is 29.9. The maximum atomic E-state index is 13.5. The van der Waals surface area contributed by atoms with Gasteiger partial charge in [0.1, 0.15) is 17.2 Å². The van der Waals surface area contributed by atoms with Gasteiger partial charge in [-0.15, -0.1) is 0 Å². The minimum Gasteiger partial charge on any atom is -0.494 e. The van der Waals surface area contributed by atoms with E-state index in [0.29, 0.717) is 29.2 Å². The lowest BCUT2D eigenvalue weighted by atomic mass is 10.0. The predicted octanol–water partition coefficient (Wildman–Crippen LogP) is 14.5. The van der Waals surface area contributed by atoms with Crippen molar-refractivity contribution < 1.29 is 23.8 Å². The Morgan fingerprint density at radius 1 is 0.462 bits per heavy atom. The van der Waals surface area contributed by atoms with Gasteiger partial charge in [0.25, 0.3) is 0 Å². The quantitative estimate of drug-likeness (QED) is 0.0409. The highest BCUT2D eigenvalue weighted by molar-refractivity contribution is 6.13. The van der Waals surface area contributed by atoms with E-state index in [-0.39, 0.29) is 30.2 Å². The Labute approximate surface area is 319 Å². The van der Waals surface area contributed by atoms with Crippen molar-refractivity contribution in [3.63, 3.8) is 0 Å². The number of hydrogen-bond acceptors (Lipinski definition) is 5. The van der Waals surface area contributed by atoms with Gasteiger partial charge in [-0.25, -0.2) is 0 Å². The minimum absolute atomic E-state index is 0.0262. The van der Waals surface area contributed by atoms with Crippen LogP contribution in [0.25, 0.3) is 0 Å². The number of benzene rings is 2. The van der Waals surface area contributed by atoms with Gasteiger partial charge in [0.15, 0.2) is 11.6 Å². The molecule has 2 unspecified atom stereocenters. The highest BCUT2D eigenvalue weighted by atomic mass is 16.5. The van der Waals surface area contributed by atoms with Crippen molar-refractivity contribution in [2.75, 3.05) is 6.61 Å². The standard InChI is InChI=1S/C47H76O5/c1-6-9-12-15-16-17-18-19-20-21-22-23-24-27-34-50-43-32-30-41(31-33-43)46(48)38-47(49)42-35-44(51-39(4)28-25-13-10-7-2)37-45(36-42)52-40(5)29-26-14-11-8-3/h30-33,35-37,39-40H,6-29,34,38H2,1-5H3. The zero-order chi connectivity index (χ0) is 37.7. The monoisotopic (exact) mass is 721 g/mol. The van der Waals surface area contributed by atoms with Gasteiger partial charge in [0.2, 0.25) is 0 Å². The molecule has 52 heavy (non-hydrogen) atoms. The molecule has 2 atom stereocenters. The lowest BCUT2D eigenvalue weighted by molar-refractivity contribution is 0.0893. The third-order valence-electron chi connectivity index (χ3n) is 10.1. The summed E-state index contributed by atoms with van der Waals surface area (Å²) in [5.74, 6) is 1.57. The summed E-state index contributed by atoms with van der Waals surface area (Å²) >= 11 is 0. The van der Waals surface area contributed by atoms with E-state index in [9.17, 15) is 9.59 Å². The Kier molecular flexibility index (Phi) is 25.8. The maximum absolute atomic E-state index is 13.5. The van der Waals surface area contributed by atoms with Gasteiger partial charge in [0, 0.05) is 17.2 Å². The molecule has 2 rings (SSSR count). The Balaban J connectivity index is 1.80. The Morgan fingerprint density at radius 3 is 1.29 bits per heavy atom. The van der Waals surface area contributed by atoms with Gasteiger partial charge in [0.05, 0.1) is 25.2 Å². The lowest BCUT2D eigenvalue weighted by Crippen LogP contribution is -2.15. The Morgan fingerprint density at radius 2 is 0.846 bits per heavy atom. The number of Topliss-reactive ketones (excluding diaryl/α,β-unsaturated/α-hetero) is 2. The van der Waals surface area contributed by atoms with E-state index in [1.54, 1.807) is 24.3 Å². The molecule has 0 amide bonds. The Bertz CT molecular complexity index is 1150. The molecule has 0 radical (unpaired) electrons. The van der Waals surface area contributed by atoms with E-state index in [1.165, 1.54) is 122 Å². The fourth-order valence-electron chi connectivity index (χ4n) is 6.74. The minimum atomic E-state index is -0.232. The maximum Gasteiger partial charge on any atom is 0.170 e. The first kappa shape index (κ1) is 45.3. The van der Waals surface area contributed by atoms with E-state index in [0.717, 1.165) is 37.9 Å². The van der Waals surface area contributed by atoms with Crippen LogP contribution in [-0.2, 0) is 0 Å². The van der Waals surface area contributed by atoms with Crippen LogP contribution in [-0.4, -0.2) is 30.4 Å². The van der Waals surface area contributed by atoms with Crippen LogP contribution in [0.15, 0.2) is 42.5 Å². The smallest absolute Gasteiger partial charge is 0.170 e. The molecule has 0 bridgehead atoms.